The van der Waals surface area contributed by atoms with Crippen molar-refractivity contribution in [1.29, 1.82) is 0 Å². The zero-order chi connectivity index (χ0) is 31.8. The SMILES string of the molecule is c1ccc(-c2nc(-n3c4c5ccccc5ccc4c4cc5c6ccccc6n6c7ccccc7c(c43)c56)nc3c2sc2ccccc23)cc1. The molecule has 0 aliphatic heterocycles. The number of aromatic nitrogens is 4. The number of nitrogens with zero attached hydrogens (tertiary/aromatic N) is 4. The number of para-hydroxylation sites is 2. The normalized spacial score (nSPS) is 12.5. The third-order valence-electron chi connectivity index (χ3n) is 10.4. The maximum absolute atomic E-state index is 5.54. The molecule has 0 saturated carbocycles. The minimum Gasteiger partial charge on any atom is -0.308 e. The summed E-state index contributed by atoms with van der Waals surface area (Å²) in [6.07, 6.45) is 0. The van der Waals surface area contributed by atoms with Gasteiger partial charge in [0.25, 0.3) is 0 Å². The molecule has 12 aromatic rings. The van der Waals surface area contributed by atoms with Crippen LogP contribution in [0.25, 0.3) is 108 Å². The third-order valence-corrected chi connectivity index (χ3v) is 11.6. The number of hydrogen-bond donors (Lipinski definition) is 0. The average Bonchev–Trinajstić information content (AvgIpc) is 3.90. The van der Waals surface area contributed by atoms with Crippen LogP contribution in [-0.2, 0) is 0 Å². The molecule has 0 amide bonds. The Morgan fingerprint density at radius 1 is 0.469 bits per heavy atom. The molecule has 0 fully saturated rings. The quantitative estimate of drug-likeness (QED) is 0.188. The summed E-state index contributed by atoms with van der Waals surface area (Å²) in [4.78, 5) is 11.1. The molecule has 0 spiro atoms. The van der Waals surface area contributed by atoms with Crippen LogP contribution >= 0.6 is 11.3 Å². The van der Waals surface area contributed by atoms with Crippen LogP contribution in [0.3, 0.4) is 0 Å². The molecule has 12 rings (SSSR count). The summed E-state index contributed by atoms with van der Waals surface area (Å²) >= 11 is 1.77. The van der Waals surface area contributed by atoms with E-state index in [2.05, 4.69) is 155 Å². The maximum atomic E-state index is 5.54. The van der Waals surface area contributed by atoms with Gasteiger partial charge in [-0.1, -0.05) is 121 Å². The van der Waals surface area contributed by atoms with Crippen LogP contribution in [0.15, 0.2) is 146 Å². The lowest BCUT2D eigenvalue weighted by Gasteiger charge is -2.12. The van der Waals surface area contributed by atoms with Gasteiger partial charge in [0.05, 0.1) is 43.5 Å². The molecular weight excluding hydrogens is 617 g/mol. The highest BCUT2D eigenvalue weighted by Crippen LogP contribution is 2.48. The summed E-state index contributed by atoms with van der Waals surface area (Å²) in [6.45, 7) is 0. The zero-order valence-corrected chi connectivity index (χ0v) is 26.9. The summed E-state index contributed by atoms with van der Waals surface area (Å²) < 4.78 is 7.16. The Labute approximate surface area is 283 Å². The van der Waals surface area contributed by atoms with Crippen LogP contribution in [0, 0.1) is 0 Å². The fourth-order valence-electron chi connectivity index (χ4n) is 8.44. The predicted octanol–water partition coefficient (Wildman–Crippen LogP) is 11.9. The highest BCUT2D eigenvalue weighted by molar-refractivity contribution is 7.26. The molecule has 0 saturated heterocycles. The second kappa shape index (κ2) is 9.19. The van der Waals surface area contributed by atoms with E-state index in [0.717, 1.165) is 37.9 Å². The van der Waals surface area contributed by atoms with Crippen molar-refractivity contribution in [2.24, 2.45) is 0 Å². The molecule has 5 heterocycles. The summed E-state index contributed by atoms with van der Waals surface area (Å²) in [5.74, 6) is 0.689. The van der Waals surface area contributed by atoms with Gasteiger partial charge < -0.3 is 4.40 Å². The van der Waals surface area contributed by atoms with E-state index in [9.17, 15) is 0 Å². The van der Waals surface area contributed by atoms with Gasteiger partial charge in [-0.3, -0.25) is 4.57 Å². The zero-order valence-electron chi connectivity index (χ0n) is 26.1. The molecule has 5 aromatic heterocycles. The standard InChI is InChI=1S/C44H24N4S/c1-2-13-26(14-3-1)38-43-39(31-18-8-11-21-36(31)49-43)46-44(45-38)48-40-27-15-5-4-12-25(27)22-23-29(40)33-24-32-28-16-6-9-19-34(28)47-35-20-10-7-17-30(35)37(41(32)47)42(33)48/h1-24H. The van der Waals surface area contributed by atoms with Gasteiger partial charge in [-0.05, 0) is 29.7 Å². The Balaban J connectivity index is 1.38. The van der Waals surface area contributed by atoms with Gasteiger partial charge in [-0.2, -0.15) is 0 Å². The fraction of sp³-hybridized carbons (Fsp3) is 0. The van der Waals surface area contributed by atoms with E-state index in [1.54, 1.807) is 11.3 Å². The molecule has 0 aliphatic carbocycles. The lowest BCUT2D eigenvalue weighted by Crippen LogP contribution is -2.03. The fourth-order valence-corrected chi connectivity index (χ4v) is 9.59. The summed E-state index contributed by atoms with van der Waals surface area (Å²) in [7, 11) is 0. The van der Waals surface area contributed by atoms with Crippen LogP contribution in [0.1, 0.15) is 0 Å². The van der Waals surface area contributed by atoms with E-state index in [1.807, 2.05) is 0 Å². The molecule has 49 heavy (non-hydrogen) atoms. The first-order chi connectivity index (χ1) is 24.3. The number of thiophene rings is 1. The van der Waals surface area contributed by atoms with Crippen molar-refractivity contribution in [2.75, 3.05) is 0 Å². The highest BCUT2D eigenvalue weighted by Gasteiger charge is 2.27. The molecule has 0 N–H and O–H groups in total. The van der Waals surface area contributed by atoms with E-state index in [4.69, 9.17) is 9.97 Å². The molecule has 7 aromatic carbocycles. The Kier molecular flexibility index (Phi) is 4.83. The maximum Gasteiger partial charge on any atom is 0.235 e. The van der Waals surface area contributed by atoms with Crippen molar-refractivity contribution in [2.45, 2.75) is 0 Å². The van der Waals surface area contributed by atoms with Crippen LogP contribution in [0.2, 0.25) is 0 Å². The van der Waals surface area contributed by atoms with E-state index in [-0.39, 0.29) is 0 Å². The van der Waals surface area contributed by atoms with Gasteiger partial charge in [0.2, 0.25) is 5.95 Å². The largest absolute Gasteiger partial charge is 0.308 e. The van der Waals surface area contributed by atoms with Crippen LogP contribution in [0.4, 0.5) is 0 Å². The van der Waals surface area contributed by atoms with E-state index in [1.165, 1.54) is 64.3 Å². The molecule has 0 radical (unpaired) electrons. The summed E-state index contributed by atoms with van der Waals surface area (Å²) in [6, 6.07) is 52.5. The Morgan fingerprint density at radius 3 is 2.00 bits per heavy atom. The Hall–Kier alpha value is -6.30. The molecule has 0 atom stereocenters. The minimum atomic E-state index is 0.689. The van der Waals surface area contributed by atoms with Gasteiger partial charge in [-0.25, -0.2) is 9.97 Å². The molecule has 226 valence electrons. The van der Waals surface area contributed by atoms with E-state index in [0.29, 0.717) is 5.95 Å². The Bertz CT molecular complexity index is 3330. The number of benzene rings is 7. The molecular formula is C44H24N4S. The van der Waals surface area contributed by atoms with Crippen LogP contribution < -0.4 is 0 Å². The predicted molar refractivity (Wildman–Crippen MR) is 207 cm³/mol. The van der Waals surface area contributed by atoms with Crippen LogP contribution in [-0.4, -0.2) is 18.9 Å². The minimum absolute atomic E-state index is 0.689. The molecule has 5 heteroatoms. The lowest BCUT2D eigenvalue weighted by molar-refractivity contribution is 1.02. The van der Waals surface area contributed by atoms with Gasteiger partial charge >= 0.3 is 0 Å². The van der Waals surface area contributed by atoms with Crippen molar-refractivity contribution in [1.82, 2.24) is 18.9 Å². The first kappa shape index (κ1) is 25.7. The van der Waals surface area contributed by atoms with Crippen LogP contribution in [0.5, 0.6) is 0 Å². The smallest absolute Gasteiger partial charge is 0.235 e. The molecule has 4 nitrogen and oxygen atoms in total. The van der Waals surface area contributed by atoms with Crippen molar-refractivity contribution in [3.8, 4) is 17.2 Å². The monoisotopic (exact) mass is 640 g/mol. The molecule has 0 unspecified atom stereocenters. The van der Waals surface area contributed by atoms with Crippen molar-refractivity contribution in [3.63, 3.8) is 0 Å². The van der Waals surface area contributed by atoms with Crippen molar-refractivity contribution >= 4 is 102 Å². The topological polar surface area (TPSA) is 35.1 Å². The first-order valence-electron chi connectivity index (χ1n) is 16.6. The number of hydrogen-bond acceptors (Lipinski definition) is 3. The average molecular weight is 641 g/mol. The van der Waals surface area contributed by atoms with Crippen molar-refractivity contribution < 1.29 is 0 Å². The second-order valence-electron chi connectivity index (χ2n) is 12.9. The molecule has 0 bridgehead atoms. The first-order valence-corrected chi connectivity index (χ1v) is 17.4. The number of rotatable bonds is 2. The van der Waals surface area contributed by atoms with Gasteiger partial charge in [0.1, 0.15) is 0 Å². The number of fused-ring (bicyclic) bond motifs is 15. The second-order valence-corrected chi connectivity index (χ2v) is 14.0. The van der Waals surface area contributed by atoms with Crippen molar-refractivity contribution in [3.05, 3.63) is 146 Å². The lowest BCUT2D eigenvalue weighted by atomic mass is 10.0. The van der Waals surface area contributed by atoms with Gasteiger partial charge in [0, 0.05) is 53.4 Å². The van der Waals surface area contributed by atoms with E-state index < -0.39 is 0 Å². The summed E-state index contributed by atoms with van der Waals surface area (Å²) in [5.41, 5.74) is 9.01. The Morgan fingerprint density at radius 2 is 1.14 bits per heavy atom. The highest BCUT2D eigenvalue weighted by atomic mass is 32.1. The van der Waals surface area contributed by atoms with Gasteiger partial charge in [-0.15, -0.1) is 11.3 Å². The molecule has 0 aliphatic rings. The third kappa shape index (κ3) is 3.23. The van der Waals surface area contributed by atoms with E-state index >= 15 is 0 Å². The van der Waals surface area contributed by atoms with Gasteiger partial charge in [0.15, 0.2) is 0 Å². The summed E-state index contributed by atoms with van der Waals surface area (Å²) in [5, 5.41) is 11.0.